The molecule has 114 valence electrons. The fourth-order valence-corrected chi connectivity index (χ4v) is 2.83. The van der Waals surface area contributed by atoms with Gasteiger partial charge in [-0.1, -0.05) is 0 Å². The third kappa shape index (κ3) is 4.63. The van der Waals surface area contributed by atoms with Gasteiger partial charge in [0.1, 0.15) is 5.82 Å². The highest BCUT2D eigenvalue weighted by Gasteiger charge is 2.25. The maximum atomic E-state index is 12.8. The largest absolute Gasteiger partial charge is 0.481 e. The molecule has 4 nitrogen and oxygen atoms in total. The van der Waals surface area contributed by atoms with E-state index in [4.69, 9.17) is 5.11 Å². The van der Waals surface area contributed by atoms with Gasteiger partial charge in [0.2, 0.25) is 0 Å². The van der Waals surface area contributed by atoms with Gasteiger partial charge in [0, 0.05) is 31.0 Å². The lowest BCUT2D eigenvalue weighted by atomic mass is 10.1. The molecule has 21 heavy (non-hydrogen) atoms. The van der Waals surface area contributed by atoms with Gasteiger partial charge in [-0.05, 0) is 50.1 Å². The third-order valence-electron chi connectivity index (χ3n) is 3.98. The minimum atomic E-state index is -0.774. The van der Waals surface area contributed by atoms with E-state index in [9.17, 15) is 14.0 Å². The van der Waals surface area contributed by atoms with Crippen LogP contribution >= 0.6 is 0 Å². The van der Waals surface area contributed by atoms with Gasteiger partial charge < -0.3 is 5.11 Å². The Morgan fingerprint density at radius 2 is 1.95 bits per heavy atom. The van der Waals surface area contributed by atoms with Gasteiger partial charge >= 0.3 is 5.97 Å². The molecule has 1 aliphatic rings. The quantitative estimate of drug-likeness (QED) is 0.785. The molecule has 1 aromatic carbocycles. The normalized spacial score (nSPS) is 18.8. The molecule has 1 aliphatic heterocycles. The van der Waals surface area contributed by atoms with Crippen LogP contribution in [-0.2, 0) is 4.79 Å². The zero-order valence-electron chi connectivity index (χ0n) is 11.9. The summed E-state index contributed by atoms with van der Waals surface area (Å²) in [5.41, 5.74) is 0.526. The molecule has 1 unspecified atom stereocenters. The zero-order chi connectivity index (χ0) is 15.2. The summed E-state index contributed by atoms with van der Waals surface area (Å²) in [5, 5.41) is 8.75. The second-order valence-corrected chi connectivity index (χ2v) is 5.44. The van der Waals surface area contributed by atoms with E-state index in [2.05, 4.69) is 4.90 Å². The van der Waals surface area contributed by atoms with Crippen molar-refractivity contribution in [1.82, 2.24) is 4.90 Å². The van der Waals surface area contributed by atoms with Crippen LogP contribution in [0.25, 0.3) is 0 Å². The van der Waals surface area contributed by atoms with Gasteiger partial charge in [-0.3, -0.25) is 14.5 Å². The predicted octanol–water partition coefficient (Wildman–Crippen LogP) is 2.73. The molecule has 0 radical (unpaired) electrons. The highest BCUT2D eigenvalue weighted by Crippen LogP contribution is 2.22. The number of Topliss-reactive ketones (excluding diaryl/α,β-unsaturated/α-hetero) is 1. The van der Waals surface area contributed by atoms with Gasteiger partial charge in [-0.2, -0.15) is 0 Å². The molecule has 0 spiro atoms. The van der Waals surface area contributed by atoms with Gasteiger partial charge in [-0.25, -0.2) is 4.39 Å². The van der Waals surface area contributed by atoms with Crippen LogP contribution < -0.4 is 0 Å². The van der Waals surface area contributed by atoms with Crippen molar-refractivity contribution in [2.45, 2.75) is 38.1 Å². The minimum absolute atomic E-state index is 0.00103. The second-order valence-electron chi connectivity index (χ2n) is 5.44. The molecule has 0 amide bonds. The molecule has 0 aliphatic carbocycles. The maximum absolute atomic E-state index is 12.8. The lowest BCUT2D eigenvalue weighted by Crippen LogP contribution is -2.32. The number of ketones is 1. The molecule has 1 N–H and O–H groups in total. The molecule has 1 heterocycles. The summed E-state index contributed by atoms with van der Waals surface area (Å²) >= 11 is 0. The fourth-order valence-electron chi connectivity index (χ4n) is 2.83. The van der Waals surface area contributed by atoms with Crippen molar-refractivity contribution in [1.29, 1.82) is 0 Å². The van der Waals surface area contributed by atoms with E-state index < -0.39 is 5.97 Å². The number of benzene rings is 1. The Morgan fingerprint density at radius 1 is 1.24 bits per heavy atom. The van der Waals surface area contributed by atoms with Crippen molar-refractivity contribution >= 4 is 11.8 Å². The third-order valence-corrected chi connectivity index (χ3v) is 3.98. The Balaban J connectivity index is 1.82. The smallest absolute Gasteiger partial charge is 0.303 e. The Kier molecular flexibility index (Phi) is 5.44. The minimum Gasteiger partial charge on any atom is -0.481 e. The van der Waals surface area contributed by atoms with E-state index in [1.807, 2.05) is 0 Å². The number of halogens is 1. The average molecular weight is 293 g/mol. The first-order chi connectivity index (χ1) is 10.1. The summed E-state index contributed by atoms with van der Waals surface area (Å²) in [6, 6.07) is 5.85. The SMILES string of the molecule is O=C(O)CCC1CCCN1CCC(=O)c1ccc(F)cc1. The molecule has 1 aromatic rings. The van der Waals surface area contributed by atoms with Gasteiger partial charge in [0.25, 0.3) is 0 Å². The molecule has 1 saturated heterocycles. The van der Waals surface area contributed by atoms with E-state index in [0.717, 1.165) is 19.4 Å². The molecule has 5 heteroatoms. The van der Waals surface area contributed by atoms with Crippen LogP contribution in [-0.4, -0.2) is 40.9 Å². The summed E-state index contributed by atoms with van der Waals surface area (Å²) in [4.78, 5) is 24.9. The molecular weight excluding hydrogens is 273 g/mol. The molecule has 0 aromatic heterocycles. The Labute approximate surface area is 123 Å². The average Bonchev–Trinajstić information content (AvgIpc) is 2.90. The monoisotopic (exact) mass is 293 g/mol. The summed E-state index contributed by atoms with van der Waals surface area (Å²) < 4.78 is 12.8. The van der Waals surface area contributed by atoms with Gasteiger partial charge in [0.05, 0.1) is 0 Å². The Hall–Kier alpha value is -1.75. The number of hydrogen-bond donors (Lipinski definition) is 1. The van der Waals surface area contributed by atoms with Crippen molar-refractivity contribution in [2.75, 3.05) is 13.1 Å². The number of aliphatic carboxylic acids is 1. The van der Waals surface area contributed by atoms with E-state index in [0.29, 0.717) is 24.9 Å². The van der Waals surface area contributed by atoms with E-state index >= 15 is 0 Å². The number of hydrogen-bond acceptors (Lipinski definition) is 3. The first kappa shape index (κ1) is 15.6. The molecule has 2 rings (SSSR count). The Bertz CT molecular complexity index is 501. The van der Waals surface area contributed by atoms with Crippen LogP contribution in [0, 0.1) is 5.82 Å². The van der Waals surface area contributed by atoms with Crippen molar-refractivity contribution in [2.24, 2.45) is 0 Å². The van der Waals surface area contributed by atoms with Crippen molar-refractivity contribution < 1.29 is 19.1 Å². The number of carboxylic acids is 1. The van der Waals surface area contributed by atoms with E-state index in [1.54, 1.807) is 0 Å². The molecule has 1 fully saturated rings. The zero-order valence-corrected chi connectivity index (χ0v) is 11.9. The lowest BCUT2D eigenvalue weighted by Gasteiger charge is -2.23. The van der Waals surface area contributed by atoms with E-state index in [-0.39, 0.29) is 24.1 Å². The molecule has 1 atom stereocenters. The van der Waals surface area contributed by atoms with E-state index in [1.165, 1.54) is 24.3 Å². The number of carboxylic acid groups (broad SMARTS) is 1. The second kappa shape index (κ2) is 7.31. The molecule has 0 bridgehead atoms. The summed E-state index contributed by atoms with van der Waals surface area (Å²) in [7, 11) is 0. The standard InChI is InChI=1S/C16H20FNO3/c17-13-5-3-12(4-6-13)15(19)9-11-18-10-1-2-14(18)7-8-16(20)21/h3-6,14H,1-2,7-11H2,(H,20,21). The van der Waals surface area contributed by atoms with Crippen LogP contribution in [0.2, 0.25) is 0 Å². The number of nitrogens with zero attached hydrogens (tertiary/aromatic N) is 1. The highest BCUT2D eigenvalue weighted by molar-refractivity contribution is 5.96. The van der Waals surface area contributed by atoms with Gasteiger partial charge in [-0.15, -0.1) is 0 Å². The number of rotatable bonds is 7. The number of carbonyl (C=O) groups is 2. The van der Waals surface area contributed by atoms with Crippen molar-refractivity contribution in [3.05, 3.63) is 35.6 Å². The summed E-state index contributed by atoms with van der Waals surface area (Å²) in [6.07, 6.45) is 3.25. The first-order valence-electron chi connectivity index (χ1n) is 7.31. The van der Waals surface area contributed by atoms with Crippen LogP contribution in [0.5, 0.6) is 0 Å². The van der Waals surface area contributed by atoms with Crippen LogP contribution in [0.1, 0.15) is 42.5 Å². The first-order valence-corrected chi connectivity index (χ1v) is 7.31. The highest BCUT2D eigenvalue weighted by atomic mass is 19.1. The van der Waals surface area contributed by atoms with Crippen molar-refractivity contribution in [3.8, 4) is 0 Å². The predicted molar refractivity (Wildman–Crippen MR) is 76.8 cm³/mol. The van der Waals surface area contributed by atoms with Crippen LogP contribution in [0.3, 0.4) is 0 Å². The Morgan fingerprint density at radius 3 is 2.62 bits per heavy atom. The topological polar surface area (TPSA) is 57.6 Å². The summed E-state index contributed by atoms with van der Waals surface area (Å²) in [5.74, 6) is -1.12. The molecule has 0 saturated carbocycles. The fraction of sp³-hybridized carbons (Fsp3) is 0.500. The van der Waals surface area contributed by atoms with Crippen LogP contribution in [0.4, 0.5) is 4.39 Å². The number of likely N-dealkylation sites (tertiary alicyclic amines) is 1. The summed E-state index contributed by atoms with van der Waals surface area (Å²) in [6.45, 7) is 1.56. The number of carbonyl (C=O) groups excluding carboxylic acids is 1. The molecular formula is C16H20FNO3. The maximum Gasteiger partial charge on any atom is 0.303 e. The van der Waals surface area contributed by atoms with Gasteiger partial charge in [0.15, 0.2) is 5.78 Å². The lowest BCUT2D eigenvalue weighted by molar-refractivity contribution is -0.137. The van der Waals surface area contributed by atoms with Crippen molar-refractivity contribution in [3.63, 3.8) is 0 Å². The van der Waals surface area contributed by atoms with Crippen LogP contribution in [0.15, 0.2) is 24.3 Å².